The lowest BCUT2D eigenvalue weighted by molar-refractivity contribution is -0.133. The lowest BCUT2D eigenvalue weighted by Gasteiger charge is -2.33. The van der Waals surface area contributed by atoms with Crippen LogP contribution in [-0.4, -0.2) is 36.5 Å². The molecule has 1 atom stereocenters. The molecule has 1 N–H and O–H groups in total. The predicted molar refractivity (Wildman–Crippen MR) is 79.0 cm³/mol. The van der Waals surface area contributed by atoms with Gasteiger partial charge < -0.3 is 10.2 Å². The molecule has 2 aliphatic heterocycles. The molecular weight excluding hydrogens is 236 g/mol. The van der Waals surface area contributed by atoms with E-state index >= 15 is 0 Å². The van der Waals surface area contributed by atoms with E-state index in [-0.39, 0.29) is 0 Å². The van der Waals surface area contributed by atoms with Crippen LogP contribution in [-0.2, 0) is 4.79 Å². The molecule has 1 amide bonds. The minimum atomic E-state index is 0.377. The van der Waals surface area contributed by atoms with Gasteiger partial charge in [0.2, 0.25) is 5.91 Å². The minimum absolute atomic E-state index is 0.377. The van der Waals surface area contributed by atoms with E-state index in [1.807, 2.05) is 0 Å². The van der Waals surface area contributed by atoms with Gasteiger partial charge in [0.15, 0.2) is 0 Å². The molecule has 0 radical (unpaired) electrons. The molecule has 0 aromatic heterocycles. The molecule has 3 nitrogen and oxygen atoms in total. The molecular formula is C16H30N2O. The van der Waals surface area contributed by atoms with Crippen LogP contribution < -0.4 is 5.32 Å². The Morgan fingerprint density at radius 3 is 2.58 bits per heavy atom. The Labute approximate surface area is 118 Å². The van der Waals surface area contributed by atoms with Crippen LogP contribution in [0.1, 0.15) is 58.8 Å². The van der Waals surface area contributed by atoms with Crippen LogP contribution in [0.2, 0.25) is 0 Å². The van der Waals surface area contributed by atoms with Crippen molar-refractivity contribution >= 4 is 5.91 Å². The number of hydrogen-bond donors (Lipinski definition) is 1. The summed E-state index contributed by atoms with van der Waals surface area (Å²) in [7, 11) is 0. The van der Waals surface area contributed by atoms with Gasteiger partial charge in [0.05, 0.1) is 0 Å². The molecule has 0 aromatic carbocycles. The highest BCUT2D eigenvalue weighted by atomic mass is 16.2. The quantitative estimate of drug-likeness (QED) is 0.830. The Balaban J connectivity index is 1.65. The molecule has 0 aliphatic carbocycles. The van der Waals surface area contributed by atoms with Crippen LogP contribution in [0, 0.1) is 11.8 Å². The summed E-state index contributed by atoms with van der Waals surface area (Å²) >= 11 is 0. The number of carbonyl (C=O) groups excluding carboxylic acids is 1. The molecule has 1 unspecified atom stereocenters. The summed E-state index contributed by atoms with van der Waals surface area (Å²) in [6, 6.07) is 0.450. The minimum Gasteiger partial charge on any atom is -0.343 e. The van der Waals surface area contributed by atoms with Crippen molar-refractivity contribution in [3.05, 3.63) is 0 Å². The van der Waals surface area contributed by atoms with Gasteiger partial charge in [-0.05, 0) is 44.1 Å². The van der Waals surface area contributed by atoms with Crippen molar-refractivity contribution in [2.45, 2.75) is 64.8 Å². The van der Waals surface area contributed by atoms with Gasteiger partial charge in [-0.3, -0.25) is 4.79 Å². The van der Waals surface area contributed by atoms with E-state index in [4.69, 9.17) is 0 Å². The fourth-order valence-electron chi connectivity index (χ4n) is 3.31. The van der Waals surface area contributed by atoms with Crippen LogP contribution >= 0.6 is 0 Å². The number of amides is 1. The number of piperidine rings is 1. The molecule has 0 saturated carbocycles. The van der Waals surface area contributed by atoms with Gasteiger partial charge in [-0.1, -0.05) is 26.7 Å². The van der Waals surface area contributed by atoms with Crippen LogP contribution in [0.15, 0.2) is 0 Å². The number of likely N-dealkylation sites (tertiary alicyclic amines) is 1. The van der Waals surface area contributed by atoms with Crippen molar-refractivity contribution in [2.75, 3.05) is 19.6 Å². The first-order valence-corrected chi connectivity index (χ1v) is 8.16. The van der Waals surface area contributed by atoms with Gasteiger partial charge in [-0.15, -0.1) is 0 Å². The Bertz CT molecular complexity index is 276. The summed E-state index contributed by atoms with van der Waals surface area (Å²) in [6.07, 6.45) is 8.25. The zero-order valence-electron chi connectivity index (χ0n) is 12.7. The molecule has 0 aromatic rings. The zero-order valence-corrected chi connectivity index (χ0v) is 12.7. The smallest absolute Gasteiger partial charge is 0.224 e. The molecule has 110 valence electrons. The molecule has 2 rings (SSSR count). The fraction of sp³-hybridized carbons (Fsp3) is 0.938. The number of carbonyl (C=O) groups is 1. The molecule has 2 saturated heterocycles. The fourth-order valence-corrected chi connectivity index (χ4v) is 3.31. The SMILES string of the molecule is CC(C)CCC1CCN(C(=O)CC2CCCN2)CC1. The molecule has 2 aliphatic rings. The van der Waals surface area contributed by atoms with Gasteiger partial charge in [-0.2, -0.15) is 0 Å². The van der Waals surface area contributed by atoms with E-state index < -0.39 is 0 Å². The average molecular weight is 266 g/mol. The molecule has 19 heavy (non-hydrogen) atoms. The third-order valence-electron chi connectivity index (χ3n) is 4.70. The third-order valence-corrected chi connectivity index (χ3v) is 4.70. The Morgan fingerprint density at radius 1 is 1.26 bits per heavy atom. The summed E-state index contributed by atoms with van der Waals surface area (Å²) < 4.78 is 0. The van der Waals surface area contributed by atoms with Gasteiger partial charge in [0.1, 0.15) is 0 Å². The van der Waals surface area contributed by atoms with Crippen LogP contribution in [0.5, 0.6) is 0 Å². The molecule has 0 bridgehead atoms. The van der Waals surface area contributed by atoms with E-state index in [0.29, 0.717) is 11.9 Å². The van der Waals surface area contributed by atoms with E-state index in [1.165, 1.54) is 38.5 Å². The number of nitrogens with zero attached hydrogens (tertiary/aromatic N) is 1. The normalized spacial score (nSPS) is 25.2. The van der Waals surface area contributed by atoms with E-state index in [0.717, 1.165) is 37.9 Å². The summed E-state index contributed by atoms with van der Waals surface area (Å²) in [5, 5.41) is 3.42. The Hall–Kier alpha value is -0.570. The van der Waals surface area contributed by atoms with E-state index in [9.17, 15) is 4.79 Å². The average Bonchev–Trinajstić information content (AvgIpc) is 2.89. The van der Waals surface area contributed by atoms with Crippen molar-refractivity contribution in [3.8, 4) is 0 Å². The number of hydrogen-bond acceptors (Lipinski definition) is 2. The number of rotatable bonds is 5. The number of nitrogens with one attached hydrogen (secondary N) is 1. The third kappa shape index (κ3) is 4.79. The highest BCUT2D eigenvalue weighted by Crippen LogP contribution is 2.24. The van der Waals surface area contributed by atoms with Crippen LogP contribution in [0.25, 0.3) is 0 Å². The van der Waals surface area contributed by atoms with E-state index in [1.54, 1.807) is 0 Å². The topological polar surface area (TPSA) is 32.3 Å². The first-order chi connectivity index (χ1) is 9.15. The highest BCUT2D eigenvalue weighted by molar-refractivity contribution is 5.77. The van der Waals surface area contributed by atoms with Gasteiger partial charge >= 0.3 is 0 Å². The second kappa shape index (κ2) is 7.28. The van der Waals surface area contributed by atoms with Gasteiger partial charge in [0.25, 0.3) is 0 Å². The lowest BCUT2D eigenvalue weighted by Crippen LogP contribution is -2.41. The van der Waals surface area contributed by atoms with Gasteiger partial charge in [0, 0.05) is 25.6 Å². The van der Waals surface area contributed by atoms with Crippen molar-refractivity contribution in [1.82, 2.24) is 10.2 Å². The summed E-state index contributed by atoms with van der Waals surface area (Å²) in [6.45, 7) is 7.68. The first-order valence-electron chi connectivity index (χ1n) is 8.16. The maximum atomic E-state index is 12.2. The molecule has 0 spiro atoms. The predicted octanol–water partition coefficient (Wildman–Crippen LogP) is 2.80. The first kappa shape index (κ1) is 14.8. The highest BCUT2D eigenvalue weighted by Gasteiger charge is 2.25. The Kier molecular flexibility index (Phi) is 5.68. The van der Waals surface area contributed by atoms with Crippen molar-refractivity contribution in [1.29, 1.82) is 0 Å². The second-order valence-corrected chi connectivity index (χ2v) is 6.79. The maximum absolute atomic E-state index is 12.2. The van der Waals surface area contributed by atoms with Crippen molar-refractivity contribution in [3.63, 3.8) is 0 Å². The summed E-state index contributed by atoms with van der Waals surface area (Å²) in [5.74, 6) is 2.05. The van der Waals surface area contributed by atoms with Crippen molar-refractivity contribution < 1.29 is 4.79 Å². The standard InChI is InChI=1S/C16H30N2O/c1-13(2)5-6-14-7-10-18(11-8-14)16(19)12-15-4-3-9-17-15/h13-15,17H,3-12H2,1-2H3. The summed E-state index contributed by atoms with van der Waals surface area (Å²) in [5.41, 5.74) is 0. The monoisotopic (exact) mass is 266 g/mol. The van der Waals surface area contributed by atoms with E-state index in [2.05, 4.69) is 24.1 Å². The summed E-state index contributed by atoms with van der Waals surface area (Å²) in [4.78, 5) is 14.3. The lowest BCUT2D eigenvalue weighted by atomic mass is 9.89. The molecule has 2 fully saturated rings. The maximum Gasteiger partial charge on any atom is 0.224 e. The van der Waals surface area contributed by atoms with Gasteiger partial charge in [-0.25, -0.2) is 0 Å². The second-order valence-electron chi connectivity index (χ2n) is 6.79. The van der Waals surface area contributed by atoms with Crippen LogP contribution in [0.4, 0.5) is 0 Å². The largest absolute Gasteiger partial charge is 0.343 e. The molecule has 2 heterocycles. The van der Waals surface area contributed by atoms with Crippen molar-refractivity contribution in [2.24, 2.45) is 11.8 Å². The van der Waals surface area contributed by atoms with Crippen LogP contribution in [0.3, 0.4) is 0 Å². The Morgan fingerprint density at radius 2 is 2.00 bits per heavy atom. The zero-order chi connectivity index (χ0) is 13.7. The molecule has 3 heteroatoms.